The van der Waals surface area contributed by atoms with Gasteiger partial charge >= 0.3 is 0 Å². The van der Waals surface area contributed by atoms with Crippen LogP contribution in [0.3, 0.4) is 0 Å². The Morgan fingerprint density at radius 3 is 2.75 bits per heavy atom. The van der Waals surface area contributed by atoms with E-state index in [1.807, 2.05) is 6.07 Å². The highest BCUT2D eigenvalue weighted by atomic mass is 32.2. The number of hydrogen-bond donors (Lipinski definition) is 1. The van der Waals surface area contributed by atoms with E-state index in [-0.39, 0.29) is 18.2 Å². The van der Waals surface area contributed by atoms with Crippen molar-refractivity contribution in [3.63, 3.8) is 0 Å². The number of carbonyl (C=O) groups excluding carboxylic acids is 1. The third-order valence-electron chi connectivity index (χ3n) is 6.54. The number of rotatable bonds is 7. The number of hydrogen-bond acceptors (Lipinski definition) is 7. The summed E-state index contributed by atoms with van der Waals surface area (Å²) in [6.07, 6.45) is 4.04. The first-order valence-electron chi connectivity index (χ1n) is 11.0. The van der Waals surface area contributed by atoms with Crippen LogP contribution in [0.2, 0.25) is 0 Å². The van der Waals surface area contributed by atoms with Crippen LogP contribution in [0.15, 0.2) is 23.1 Å². The van der Waals surface area contributed by atoms with Gasteiger partial charge in [-0.15, -0.1) is 0 Å². The topological polar surface area (TPSA) is 99.5 Å². The molecule has 172 valence electrons. The van der Waals surface area contributed by atoms with Crippen molar-refractivity contribution in [2.45, 2.75) is 50.5 Å². The SMILES string of the molecule is COc1ccc(-c2nc(N3CC[C@@H]3C)nc3c2CCC3)cc1S(=N)(=O)CCN(C)C(C)=O. The number of aromatic nitrogens is 2. The summed E-state index contributed by atoms with van der Waals surface area (Å²) in [5, 5.41) is 0. The monoisotopic (exact) mass is 457 g/mol. The minimum absolute atomic E-state index is 0.0430. The predicted octanol–water partition coefficient (Wildman–Crippen LogP) is 3.12. The van der Waals surface area contributed by atoms with E-state index in [0.29, 0.717) is 16.7 Å². The summed E-state index contributed by atoms with van der Waals surface area (Å²) < 4.78 is 27.4. The van der Waals surface area contributed by atoms with Crippen LogP contribution in [0.5, 0.6) is 5.75 Å². The number of amides is 1. The van der Waals surface area contributed by atoms with E-state index >= 15 is 0 Å². The number of nitrogens with one attached hydrogen (secondary N) is 1. The highest BCUT2D eigenvalue weighted by Gasteiger charge is 2.29. The summed E-state index contributed by atoms with van der Waals surface area (Å²) in [5.74, 6) is 1.10. The van der Waals surface area contributed by atoms with Crippen LogP contribution in [-0.2, 0) is 27.4 Å². The highest BCUT2D eigenvalue weighted by Crippen LogP contribution is 2.37. The summed E-state index contributed by atoms with van der Waals surface area (Å²) >= 11 is 0. The summed E-state index contributed by atoms with van der Waals surface area (Å²) in [6.45, 7) is 4.83. The minimum Gasteiger partial charge on any atom is -0.495 e. The fourth-order valence-corrected chi connectivity index (χ4v) is 5.76. The third kappa shape index (κ3) is 4.18. The van der Waals surface area contributed by atoms with Crippen LogP contribution >= 0.6 is 0 Å². The smallest absolute Gasteiger partial charge is 0.226 e. The molecule has 1 aliphatic heterocycles. The highest BCUT2D eigenvalue weighted by molar-refractivity contribution is 7.92. The predicted molar refractivity (Wildman–Crippen MR) is 125 cm³/mol. The van der Waals surface area contributed by atoms with E-state index in [2.05, 4.69) is 11.8 Å². The second-order valence-corrected chi connectivity index (χ2v) is 10.9. The zero-order valence-electron chi connectivity index (χ0n) is 19.2. The molecule has 1 unspecified atom stereocenters. The van der Waals surface area contributed by atoms with Crippen LogP contribution in [0.1, 0.15) is 37.9 Å². The van der Waals surface area contributed by atoms with Crippen LogP contribution in [0, 0.1) is 4.78 Å². The number of nitrogens with zero attached hydrogens (tertiary/aromatic N) is 4. The molecule has 0 radical (unpaired) electrons. The van der Waals surface area contributed by atoms with Gasteiger partial charge in [-0.3, -0.25) is 4.79 Å². The van der Waals surface area contributed by atoms with Crippen molar-refractivity contribution in [1.29, 1.82) is 4.78 Å². The summed E-state index contributed by atoms with van der Waals surface area (Å²) in [4.78, 5) is 25.3. The van der Waals surface area contributed by atoms with Gasteiger partial charge in [-0.2, -0.15) is 0 Å². The number of anilines is 1. The lowest BCUT2D eigenvalue weighted by atomic mass is 10.0. The molecular weight excluding hydrogens is 426 g/mol. The molecule has 0 saturated carbocycles. The molecular formula is C23H31N5O3S. The molecule has 4 rings (SSSR count). The first-order valence-corrected chi connectivity index (χ1v) is 12.8. The quantitative estimate of drug-likeness (QED) is 0.686. The molecule has 0 bridgehead atoms. The van der Waals surface area contributed by atoms with Crippen LogP contribution in [-0.4, -0.2) is 64.0 Å². The molecule has 1 N–H and O–H groups in total. The second kappa shape index (κ2) is 8.69. The molecule has 1 aromatic heterocycles. The molecule has 8 nitrogen and oxygen atoms in total. The van der Waals surface area contributed by atoms with Gasteiger partial charge in [0, 0.05) is 49.9 Å². The van der Waals surface area contributed by atoms with Gasteiger partial charge in [-0.05, 0) is 50.8 Å². The van der Waals surface area contributed by atoms with Gasteiger partial charge < -0.3 is 14.5 Å². The van der Waals surface area contributed by atoms with E-state index in [9.17, 15) is 9.00 Å². The van der Waals surface area contributed by atoms with Crippen molar-refractivity contribution in [3.8, 4) is 17.0 Å². The maximum atomic E-state index is 13.4. The summed E-state index contributed by atoms with van der Waals surface area (Å²) in [7, 11) is -0.0154. The lowest BCUT2D eigenvalue weighted by Crippen LogP contribution is -2.46. The molecule has 2 aromatic rings. The van der Waals surface area contributed by atoms with Crippen molar-refractivity contribution in [2.24, 2.45) is 0 Å². The number of fused-ring (bicyclic) bond motifs is 1. The van der Waals surface area contributed by atoms with E-state index in [0.717, 1.165) is 60.7 Å². The van der Waals surface area contributed by atoms with Gasteiger partial charge in [0.25, 0.3) is 0 Å². The number of methoxy groups -OCH3 is 1. The molecule has 1 saturated heterocycles. The molecule has 1 aliphatic carbocycles. The molecule has 0 spiro atoms. The lowest BCUT2D eigenvalue weighted by molar-refractivity contribution is -0.127. The molecule has 32 heavy (non-hydrogen) atoms. The standard InChI is InChI=1S/C23H31N5O3S/c1-15-10-11-28(15)23-25-19-7-5-6-18(19)22(26-23)17-8-9-20(31-4)21(14-17)32(24,30)13-12-27(3)16(2)29/h8-9,14-15,24H,5-7,10-13H2,1-4H3/t15-,32?/m0/s1. The van der Waals surface area contributed by atoms with Crippen LogP contribution < -0.4 is 9.64 Å². The molecule has 2 atom stereocenters. The Kier molecular flexibility index (Phi) is 6.11. The Hall–Kier alpha value is -2.68. The summed E-state index contributed by atoms with van der Waals surface area (Å²) in [5.41, 5.74) is 3.93. The van der Waals surface area contributed by atoms with Crippen molar-refractivity contribution in [3.05, 3.63) is 29.5 Å². The Morgan fingerprint density at radius 1 is 1.34 bits per heavy atom. The van der Waals surface area contributed by atoms with E-state index in [4.69, 9.17) is 19.5 Å². The van der Waals surface area contributed by atoms with Crippen molar-refractivity contribution < 1.29 is 13.7 Å². The third-order valence-corrected chi connectivity index (χ3v) is 8.33. The van der Waals surface area contributed by atoms with Crippen molar-refractivity contribution in [1.82, 2.24) is 14.9 Å². The zero-order valence-corrected chi connectivity index (χ0v) is 20.0. The molecule has 1 aromatic carbocycles. The Balaban J connectivity index is 1.75. The van der Waals surface area contributed by atoms with E-state index in [1.165, 1.54) is 18.9 Å². The van der Waals surface area contributed by atoms with Crippen LogP contribution in [0.4, 0.5) is 5.95 Å². The molecule has 1 amide bonds. The van der Waals surface area contributed by atoms with Gasteiger partial charge in [0.2, 0.25) is 11.9 Å². The van der Waals surface area contributed by atoms with E-state index < -0.39 is 9.73 Å². The largest absolute Gasteiger partial charge is 0.495 e. The lowest BCUT2D eigenvalue weighted by Gasteiger charge is -2.39. The zero-order chi connectivity index (χ0) is 23.0. The van der Waals surface area contributed by atoms with Gasteiger partial charge in [0.15, 0.2) is 0 Å². The molecule has 2 aliphatic rings. The molecule has 9 heteroatoms. The Morgan fingerprint density at radius 2 is 2.12 bits per heavy atom. The fraction of sp³-hybridized carbons (Fsp3) is 0.522. The second-order valence-electron chi connectivity index (χ2n) is 8.67. The maximum Gasteiger partial charge on any atom is 0.226 e. The Bertz CT molecular complexity index is 1150. The fourth-order valence-electron chi connectivity index (χ4n) is 4.21. The minimum atomic E-state index is -3.18. The molecule has 2 heterocycles. The number of carbonyl (C=O) groups is 1. The normalized spacial score (nSPS) is 19.1. The number of aryl methyl sites for hydroxylation is 1. The van der Waals surface area contributed by atoms with Gasteiger partial charge in [-0.25, -0.2) is 19.0 Å². The van der Waals surface area contributed by atoms with Gasteiger partial charge in [0.05, 0.1) is 33.2 Å². The average molecular weight is 458 g/mol. The number of ether oxygens (including phenoxy) is 1. The molecule has 1 fully saturated rings. The first kappa shape index (κ1) is 22.5. The maximum absolute atomic E-state index is 13.4. The van der Waals surface area contributed by atoms with Gasteiger partial charge in [-0.1, -0.05) is 0 Å². The average Bonchev–Trinajstić information content (AvgIpc) is 3.24. The number of benzene rings is 1. The first-order chi connectivity index (χ1) is 15.2. The van der Waals surface area contributed by atoms with Gasteiger partial charge in [0.1, 0.15) is 5.75 Å². The van der Waals surface area contributed by atoms with E-state index in [1.54, 1.807) is 19.2 Å². The Labute approximate surface area is 190 Å². The summed E-state index contributed by atoms with van der Waals surface area (Å²) in [6, 6.07) is 5.90. The van der Waals surface area contributed by atoms with Crippen LogP contribution in [0.25, 0.3) is 11.3 Å². The van der Waals surface area contributed by atoms with Crippen molar-refractivity contribution >= 4 is 21.6 Å². The van der Waals surface area contributed by atoms with Crippen molar-refractivity contribution in [2.75, 3.05) is 37.9 Å².